The summed E-state index contributed by atoms with van der Waals surface area (Å²) in [5, 5.41) is 12.7. The quantitative estimate of drug-likeness (QED) is 0.808. The van der Waals surface area contributed by atoms with E-state index in [1.54, 1.807) is 12.1 Å². The van der Waals surface area contributed by atoms with E-state index in [0.717, 1.165) is 24.0 Å². The summed E-state index contributed by atoms with van der Waals surface area (Å²) < 4.78 is 0. The molecule has 4 nitrogen and oxygen atoms in total. The lowest BCUT2D eigenvalue weighted by atomic mass is 9.69. The number of rotatable bonds is 1. The van der Waals surface area contributed by atoms with Crippen molar-refractivity contribution in [3.8, 4) is 6.07 Å². The zero-order valence-electron chi connectivity index (χ0n) is 13.3. The molecule has 24 heavy (non-hydrogen) atoms. The first-order chi connectivity index (χ1) is 11.7. The fourth-order valence-electron chi connectivity index (χ4n) is 4.22. The lowest BCUT2D eigenvalue weighted by Gasteiger charge is -2.42. The van der Waals surface area contributed by atoms with Gasteiger partial charge in [0.05, 0.1) is 23.6 Å². The highest BCUT2D eigenvalue weighted by atomic mass is 16.1. The van der Waals surface area contributed by atoms with Gasteiger partial charge >= 0.3 is 0 Å². The lowest BCUT2D eigenvalue weighted by Crippen LogP contribution is -2.53. The van der Waals surface area contributed by atoms with E-state index in [2.05, 4.69) is 11.4 Å². The maximum absolute atomic E-state index is 12.7. The maximum atomic E-state index is 12.7. The van der Waals surface area contributed by atoms with E-state index in [-0.39, 0.29) is 29.6 Å². The van der Waals surface area contributed by atoms with E-state index in [1.165, 1.54) is 0 Å². The number of nitriles is 1. The van der Waals surface area contributed by atoms with Crippen molar-refractivity contribution >= 4 is 17.1 Å². The number of hydrogen-bond acceptors (Lipinski definition) is 4. The van der Waals surface area contributed by atoms with Gasteiger partial charge in [-0.05, 0) is 36.1 Å². The van der Waals surface area contributed by atoms with Gasteiger partial charge in [-0.15, -0.1) is 0 Å². The van der Waals surface area contributed by atoms with Crippen LogP contribution < -0.4 is 5.32 Å². The third-order valence-corrected chi connectivity index (χ3v) is 5.23. The number of allylic oxidation sites excluding steroid dienone is 1. The number of nitrogens with one attached hydrogen (secondary N) is 1. The Balaban J connectivity index is 1.95. The third kappa shape index (κ3) is 2.33. The predicted octanol–water partition coefficient (Wildman–Crippen LogP) is 2.55. The molecule has 1 aromatic carbocycles. The Bertz CT molecular complexity index is 828. The number of carbonyl (C=O) groups excluding carboxylic acids is 2. The molecule has 0 bridgehead atoms. The SMILES string of the molecule is N#Cc1cccc(C2=C3C(=O)CC=CC3NC3CCCC(=O)C23)c1. The highest BCUT2D eigenvalue weighted by molar-refractivity contribution is 6.10. The van der Waals surface area contributed by atoms with Crippen LogP contribution in [0.5, 0.6) is 0 Å². The minimum absolute atomic E-state index is 0.0660. The summed E-state index contributed by atoms with van der Waals surface area (Å²) in [6.45, 7) is 0. The summed E-state index contributed by atoms with van der Waals surface area (Å²) in [6.07, 6.45) is 6.69. The Kier molecular flexibility index (Phi) is 3.66. The molecule has 0 saturated heterocycles. The summed E-state index contributed by atoms with van der Waals surface area (Å²) in [6, 6.07) is 9.37. The fraction of sp³-hybridized carbons (Fsp3) is 0.350. The van der Waals surface area contributed by atoms with E-state index >= 15 is 0 Å². The molecule has 3 aliphatic rings. The second kappa shape index (κ2) is 5.85. The second-order valence-electron chi connectivity index (χ2n) is 6.66. The second-order valence-corrected chi connectivity index (χ2v) is 6.66. The van der Waals surface area contributed by atoms with Crippen LogP contribution in [0.3, 0.4) is 0 Å². The molecule has 1 N–H and O–H groups in total. The minimum Gasteiger partial charge on any atom is -0.303 e. The Labute approximate surface area is 140 Å². The van der Waals surface area contributed by atoms with Crippen LogP contribution in [-0.2, 0) is 9.59 Å². The molecule has 0 aromatic heterocycles. The first-order valence-electron chi connectivity index (χ1n) is 8.42. The van der Waals surface area contributed by atoms with Gasteiger partial charge < -0.3 is 5.32 Å². The largest absolute Gasteiger partial charge is 0.303 e. The van der Waals surface area contributed by atoms with Crippen LogP contribution in [0.1, 0.15) is 36.8 Å². The average molecular weight is 318 g/mol. The highest BCUT2D eigenvalue weighted by Gasteiger charge is 2.44. The van der Waals surface area contributed by atoms with E-state index in [1.807, 2.05) is 24.3 Å². The van der Waals surface area contributed by atoms with Crippen molar-refractivity contribution in [3.63, 3.8) is 0 Å². The smallest absolute Gasteiger partial charge is 0.164 e. The Morgan fingerprint density at radius 3 is 2.92 bits per heavy atom. The van der Waals surface area contributed by atoms with Gasteiger partial charge in [-0.2, -0.15) is 5.26 Å². The van der Waals surface area contributed by atoms with Gasteiger partial charge in [0.15, 0.2) is 5.78 Å². The lowest BCUT2D eigenvalue weighted by molar-refractivity contribution is -0.123. The summed E-state index contributed by atoms with van der Waals surface area (Å²) in [5.74, 6) is -0.0111. The summed E-state index contributed by atoms with van der Waals surface area (Å²) in [7, 11) is 0. The number of Topliss-reactive ketones (excluding diaryl/α,β-unsaturated/α-hetero) is 2. The predicted molar refractivity (Wildman–Crippen MR) is 89.9 cm³/mol. The van der Waals surface area contributed by atoms with E-state index in [9.17, 15) is 14.9 Å². The molecule has 3 atom stereocenters. The van der Waals surface area contributed by atoms with Gasteiger partial charge in [0.25, 0.3) is 0 Å². The van der Waals surface area contributed by atoms with Crippen LogP contribution >= 0.6 is 0 Å². The van der Waals surface area contributed by atoms with Crippen LogP contribution in [0.2, 0.25) is 0 Å². The molecule has 1 aromatic rings. The number of nitrogens with zero attached hydrogens (tertiary/aromatic N) is 1. The first-order valence-corrected chi connectivity index (χ1v) is 8.42. The van der Waals surface area contributed by atoms with Gasteiger partial charge in [0.1, 0.15) is 5.78 Å². The standard InChI is InChI=1S/C20H18N2O2/c21-11-12-4-1-5-13(10-12)18-19-14(6-2-8-16(19)23)22-15-7-3-9-17(24)20(15)18/h1-2,4-6,10,14-15,20,22H,3,7-9H2. The molecular formula is C20H18N2O2. The summed E-state index contributed by atoms with van der Waals surface area (Å²) in [5.41, 5.74) is 2.95. The third-order valence-electron chi connectivity index (χ3n) is 5.23. The zero-order chi connectivity index (χ0) is 16.7. The molecule has 1 fully saturated rings. The topological polar surface area (TPSA) is 70.0 Å². The number of hydrogen-bond donors (Lipinski definition) is 1. The molecule has 4 rings (SSSR count). The molecule has 3 unspecified atom stereocenters. The van der Waals surface area contributed by atoms with Crippen molar-refractivity contribution in [2.24, 2.45) is 5.92 Å². The van der Waals surface area contributed by atoms with Gasteiger partial charge in [-0.25, -0.2) is 0 Å². The van der Waals surface area contributed by atoms with Crippen LogP contribution in [0.4, 0.5) is 0 Å². The summed E-state index contributed by atoms with van der Waals surface area (Å²) in [4.78, 5) is 25.3. The first kappa shape index (κ1) is 15.0. The molecular weight excluding hydrogens is 300 g/mol. The molecule has 4 heteroatoms. The normalized spacial score (nSPS) is 29.0. The van der Waals surface area contributed by atoms with Crippen LogP contribution in [-0.4, -0.2) is 23.7 Å². The van der Waals surface area contributed by atoms with Crippen molar-refractivity contribution in [2.75, 3.05) is 0 Å². The van der Waals surface area contributed by atoms with Gasteiger partial charge in [-0.3, -0.25) is 9.59 Å². The number of ketones is 2. The molecule has 0 spiro atoms. The maximum Gasteiger partial charge on any atom is 0.164 e. The van der Waals surface area contributed by atoms with Crippen LogP contribution in [0.15, 0.2) is 42.0 Å². The zero-order valence-corrected chi connectivity index (χ0v) is 13.3. The molecule has 0 radical (unpaired) electrons. The Morgan fingerprint density at radius 2 is 2.08 bits per heavy atom. The number of benzene rings is 1. The fourth-order valence-corrected chi connectivity index (χ4v) is 4.22. The van der Waals surface area contributed by atoms with E-state index in [4.69, 9.17) is 0 Å². The van der Waals surface area contributed by atoms with Crippen molar-refractivity contribution in [3.05, 3.63) is 53.1 Å². The van der Waals surface area contributed by atoms with Gasteiger partial charge in [-0.1, -0.05) is 24.3 Å². The van der Waals surface area contributed by atoms with E-state index in [0.29, 0.717) is 24.0 Å². The molecule has 120 valence electrons. The molecule has 0 amide bonds. The van der Waals surface area contributed by atoms with Gasteiger partial charge in [0, 0.05) is 24.5 Å². The van der Waals surface area contributed by atoms with Crippen molar-refractivity contribution < 1.29 is 9.59 Å². The average Bonchev–Trinajstić information content (AvgIpc) is 2.60. The summed E-state index contributed by atoms with van der Waals surface area (Å²) >= 11 is 0. The van der Waals surface area contributed by atoms with Crippen LogP contribution in [0.25, 0.3) is 5.57 Å². The van der Waals surface area contributed by atoms with E-state index < -0.39 is 0 Å². The molecule has 1 heterocycles. The molecule has 2 aliphatic carbocycles. The number of fused-ring (bicyclic) bond motifs is 2. The highest BCUT2D eigenvalue weighted by Crippen LogP contribution is 2.42. The van der Waals surface area contributed by atoms with Gasteiger partial charge in [0.2, 0.25) is 0 Å². The monoisotopic (exact) mass is 318 g/mol. The van der Waals surface area contributed by atoms with Crippen molar-refractivity contribution in [1.29, 1.82) is 5.26 Å². The number of carbonyl (C=O) groups is 2. The molecule has 1 saturated carbocycles. The Hall–Kier alpha value is -2.51. The molecule has 1 aliphatic heterocycles. The van der Waals surface area contributed by atoms with Crippen molar-refractivity contribution in [2.45, 2.75) is 37.8 Å². The Morgan fingerprint density at radius 1 is 1.21 bits per heavy atom. The van der Waals surface area contributed by atoms with Crippen molar-refractivity contribution in [1.82, 2.24) is 5.32 Å². The van der Waals surface area contributed by atoms with Crippen LogP contribution in [0, 0.1) is 17.2 Å². The minimum atomic E-state index is -0.283.